The summed E-state index contributed by atoms with van der Waals surface area (Å²) in [5.41, 5.74) is 0.716. The molecule has 5 aliphatic rings. The van der Waals surface area contributed by atoms with E-state index in [1.807, 2.05) is 6.07 Å². The fourth-order valence-electron chi connectivity index (χ4n) is 6.46. The van der Waals surface area contributed by atoms with Gasteiger partial charge in [-0.3, -0.25) is 4.90 Å². The molecule has 1 unspecified atom stereocenters. The van der Waals surface area contributed by atoms with Crippen molar-refractivity contribution >= 4 is 0 Å². The second-order valence-corrected chi connectivity index (χ2v) is 8.90. The van der Waals surface area contributed by atoms with Gasteiger partial charge >= 0.3 is 0 Å². The normalized spacial score (nSPS) is 44.3. The van der Waals surface area contributed by atoms with E-state index in [1.165, 1.54) is 18.4 Å². The van der Waals surface area contributed by atoms with Gasteiger partial charge in [0.1, 0.15) is 6.10 Å². The first-order chi connectivity index (χ1) is 12.0. The Balaban J connectivity index is 1.57. The lowest BCUT2D eigenvalue weighted by Gasteiger charge is -2.63. The fraction of sp³-hybridized carbons (Fsp3) is 0.700. The maximum atomic E-state index is 12.0. The number of nitrogens with zero attached hydrogens (tertiary/aromatic N) is 1. The lowest BCUT2D eigenvalue weighted by molar-refractivity contribution is -0.208. The number of benzene rings is 1. The molecule has 0 amide bonds. The van der Waals surface area contributed by atoms with Gasteiger partial charge in [0, 0.05) is 18.2 Å². The number of aliphatic hydroxyl groups excluding tert-OH is 1. The molecule has 6 rings (SSSR count). The molecule has 2 saturated carbocycles. The van der Waals surface area contributed by atoms with Crippen LogP contribution in [0.4, 0.5) is 0 Å². The molecule has 2 aliphatic heterocycles. The minimum atomic E-state index is -0.879. The van der Waals surface area contributed by atoms with E-state index >= 15 is 0 Å². The Morgan fingerprint density at radius 2 is 2.04 bits per heavy atom. The van der Waals surface area contributed by atoms with Crippen LogP contribution in [0.1, 0.15) is 43.2 Å². The predicted octanol–water partition coefficient (Wildman–Crippen LogP) is 1.32. The van der Waals surface area contributed by atoms with Crippen molar-refractivity contribution in [2.24, 2.45) is 5.92 Å². The summed E-state index contributed by atoms with van der Waals surface area (Å²) in [5, 5.41) is 33.1. The quantitative estimate of drug-likeness (QED) is 0.755. The van der Waals surface area contributed by atoms with E-state index in [9.17, 15) is 15.3 Å². The number of piperidine rings is 1. The first-order valence-electron chi connectivity index (χ1n) is 9.71. The molecule has 134 valence electrons. The molecule has 1 aromatic rings. The van der Waals surface area contributed by atoms with Crippen LogP contribution in [0.5, 0.6) is 11.5 Å². The molecular weight excluding hydrogens is 318 g/mol. The second-order valence-electron chi connectivity index (χ2n) is 8.90. The van der Waals surface area contributed by atoms with Crippen LogP contribution >= 0.6 is 0 Å². The van der Waals surface area contributed by atoms with Gasteiger partial charge in [-0.2, -0.15) is 0 Å². The first-order valence-corrected chi connectivity index (χ1v) is 9.71. The Hall–Kier alpha value is -1.30. The second kappa shape index (κ2) is 4.51. The molecule has 25 heavy (non-hydrogen) atoms. The fourth-order valence-corrected chi connectivity index (χ4v) is 6.46. The van der Waals surface area contributed by atoms with E-state index in [0.717, 1.165) is 37.4 Å². The molecule has 2 bridgehead atoms. The number of aliphatic hydroxyl groups is 2. The van der Waals surface area contributed by atoms with Crippen molar-refractivity contribution in [3.63, 3.8) is 0 Å². The average Bonchev–Trinajstić information content (AvgIpc) is 3.32. The van der Waals surface area contributed by atoms with Crippen LogP contribution in [0.2, 0.25) is 0 Å². The molecule has 3 N–H and O–H groups in total. The number of hydrogen-bond donors (Lipinski definition) is 3. The van der Waals surface area contributed by atoms with E-state index in [-0.39, 0.29) is 11.8 Å². The minimum Gasteiger partial charge on any atom is -0.504 e. The maximum absolute atomic E-state index is 12.0. The molecule has 3 fully saturated rings. The highest BCUT2D eigenvalue weighted by atomic mass is 16.5. The van der Waals surface area contributed by atoms with Crippen LogP contribution in [0.3, 0.4) is 0 Å². The summed E-state index contributed by atoms with van der Waals surface area (Å²) in [5.74, 6) is 1.44. The van der Waals surface area contributed by atoms with Crippen molar-refractivity contribution in [1.82, 2.24) is 4.90 Å². The molecule has 5 nitrogen and oxygen atoms in total. The van der Waals surface area contributed by atoms with Crippen LogP contribution in [-0.4, -0.2) is 57.2 Å². The molecule has 0 radical (unpaired) electrons. The zero-order valence-corrected chi connectivity index (χ0v) is 14.3. The van der Waals surface area contributed by atoms with Crippen molar-refractivity contribution < 1.29 is 20.1 Å². The van der Waals surface area contributed by atoms with Gasteiger partial charge in [0.15, 0.2) is 11.5 Å². The van der Waals surface area contributed by atoms with Crippen LogP contribution < -0.4 is 4.74 Å². The molecule has 2 heterocycles. The lowest BCUT2D eigenvalue weighted by Crippen LogP contribution is -2.77. The summed E-state index contributed by atoms with van der Waals surface area (Å²) in [7, 11) is 0. The third kappa shape index (κ3) is 1.61. The molecule has 1 spiro atoms. The molecule has 5 atom stereocenters. The van der Waals surface area contributed by atoms with E-state index in [1.54, 1.807) is 6.07 Å². The molecule has 0 aromatic heterocycles. The standard InChI is InChI=1S/C20H25NO4/c22-13-4-3-12-9-15-20(24)6-5-14(23)18-19(20,16(12)17(13)25-18)7-8-21(15)10-11-1-2-11/h3-4,11,14-15,18,22-24H,1-2,5-10H2/t14-,15?,18-,19-,20+/m0/s1. The first kappa shape index (κ1) is 14.8. The molecule has 1 aromatic carbocycles. The van der Waals surface area contributed by atoms with Crippen molar-refractivity contribution in [3.8, 4) is 11.5 Å². The third-order valence-corrected chi connectivity index (χ3v) is 7.73. The smallest absolute Gasteiger partial charge is 0.165 e. The van der Waals surface area contributed by atoms with Crippen molar-refractivity contribution in [2.45, 2.75) is 67.8 Å². The van der Waals surface area contributed by atoms with Crippen LogP contribution in [0, 0.1) is 5.92 Å². The number of aromatic hydroxyl groups is 1. The number of likely N-dealkylation sites (tertiary alicyclic amines) is 1. The Morgan fingerprint density at radius 1 is 1.20 bits per heavy atom. The van der Waals surface area contributed by atoms with E-state index < -0.39 is 23.2 Å². The topological polar surface area (TPSA) is 73.2 Å². The van der Waals surface area contributed by atoms with Crippen LogP contribution in [0.15, 0.2) is 12.1 Å². The molecule has 3 aliphatic carbocycles. The summed E-state index contributed by atoms with van der Waals surface area (Å²) in [6.45, 7) is 2.02. The average molecular weight is 343 g/mol. The van der Waals surface area contributed by atoms with Gasteiger partial charge in [-0.25, -0.2) is 0 Å². The molecule has 1 saturated heterocycles. The third-order valence-electron chi connectivity index (χ3n) is 7.73. The van der Waals surface area contributed by atoms with Gasteiger partial charge in [0.25, 0.3) is 0 Å². The highest BCUT2D eigenvalue weighted by molar-refractivity contribution is 5.62. The Morgan fingerprint density at radius 3 is 2.84 bits per heavy atom. The molecular formula is C20H25NO4. The highest BCUT2D eigenvalue weighted by Crippen LogP contribution is 2.65. The zero-order valence-electron chi connectivity index (χ0n) is 14.3. The monoisotopic (exact) mass is 343 g/mol. The summed E-state index contributed by atoms with van der Waals surface area (Å²) >= 11 is 0. The van der Waals surface area contributed by atoms with E-state index in [2.05, 4.69) is 4.90 Å². The summed E-state index contributed by atoms with van der Waals surface area (Å²) in [6.07, 6.45) is 4.35. The number of hydrogen-bond acceptors (Lipinski definition) is 5. The summed E-state index contributed by atoms with van der Waals surface area (Å²) < 4.78 is 6.14. The van der Waals surface area contributed by atoms with Gasteiger partial charge in [-0.1, -0.05) is 6.07 Å². The van der Waals surface area contributed by atoms with Gasteiger partial charge in [0.2, 0.25) is 0 Å². The van der Waals surface area contributed by atoms with E-state index in [0.29, 0.717) is 18.6 Å². The predicted molar refractivity (Wildman–Crippen MR) is 90.8 cm³/mol. The summed E-state index contributed by atoms with van der Waals surface area (Å²) in [4.78, 5) is 2.51. The van der Waals surface area contributed by atoms with Crippen molar-refractivity contribution in [1.29, 1.82) is 0 Å². The number of ether oxygens (including phenoxy) is 1. The Kier molecular flexibility index (Phi) is 2.67. The lowest BCUT2D eigenvalue weighted by atomic mass is 9.48. The van der Waals surface area contributed by atoms with Crippen molar-refractivity contribution in [2.75, 3.05) is 13.1 Å². The van der Waals surface area contributed by atoms with Crippen LogP contribution in [0.25, 0.3) is 0 Å². The Labute approximate surface area is 147 Å². The SMILES string of the molecule is Oc1ccc2c3c1O[C@H]1[C@@H](O)CC[C@@]4(O)C(C2)N(CC2CC2)CC[C@]314. The number of phenolic OH excluding ortho intramolecular Hbond substituents is 1. The van der Waals surface area contributed by atoms with Gasteiger partial charge in [0.05, 0.1) is 17.1 Å². The molecule has 5 heteroatoms. The van der Waals surface area contributed by atoms with E-state index in [4.69, 9.17) is 4.74 Å². The highest BCUT2D eigenvalue weighted by Gasteiger charge is 2.72. The Bertz CT molecular complexity index is 762. The number of phenols is 1. The van der Waals surface area contributed by atoms with Gasteiger partial charge in [-0.05, 0) is 62.6 Å². The van der Waals surface area contributed by atoms with Crippen molar-refractivity contribution in [3.05, 3.63) is 23.3 Å². The van der Waals surface area contributed by atoms with Crippen LogP contribution in [-0.2, 0) is 11.8 Å². The minimum absolute atomic E-state index is 0.0865. The maximum Gasteiger partial charge on any atom is 0.165 e. The zero-order chi connectivity index (χ0) is 17.0. The largest absolute Gasteiger partial charge is 0.504 e. The number of rotatable bonds is 2. The summed E-state index contributed by atoms with van der Waals surface area (Å²) in [6, 6.07) is 3.79. The van der Waals surface area contributed by atoms with Gasteiger partial charge in [-0.15, -0.1) is 0 Å². The van der Waals surface area contributed by atoms with Gasteiger partial charge < -0.3 is 20.1 Å².